The summed E-state index contributed by atoms with van der Waals surface area (Å²) in [5.74, 6) is 1.43. The Kier molecular flexibility index (Phi) is 6.12. The van der Waals surface area contributed by atoms with Crippen molar-refractivity contribution >= 4 is 16.4 Å². The topological polar surface area (TPSA) is 89.9 Å². The Labute approximate surface area is 175 Å². The van der Waals surface area contributed by atoms with E-state index in [0.717, 1.165) is 38.5 Å². The Morgan fingerprint density at radius 3 is 2.24 bits per heavy atom. The molecule has 1 aliphatic heterocycles. The number of terminal acetylenes is 1. The van der Waals surface area contributed by atoms with Crippen molar-refractivity contribution in [3.63, 3.8) is 0 Å². The van der Waals surface area contributed by atoms with Crippen LogP contribution in [0, 0.1) is 47.3 Å². The first-order chi connectivity index (χ1) is 13.5. The minimum atomic E-state index is -4.42. The third kappa shape index (κ3) is 3.84. The summed E-state index contributed by atoms with van der Waals surface area (Å²) in [5, 5.41) is 0. The standard InChI is InChI=1S/C20H32O6S.C2H2/c1-12-13-8-10-20(3)14(16-5-7-18(21)25-16)4-6-17(20)19(13,2)11-9-15(12)26-27(22,23)24;1-2/h12-17H,4-11H2,1-3H3,(H,22,23,24);1-2H. The molecule has 1 heterocycles. The van der Waals surface area contributed by atoms with Gasteiger partial charge in [-0.1, -0.05) is 20.8 Å². The quantitative estimate of drug-likeness (QED) is 0.417. The van der Waals surface area contributed by atoms with E-state index in [2.05, 4.69) is 33.6 Å². The van der Waals surface area contributed by atoms with E-state index in [1.54, 1.807) is 0 Å². The summed E-state index contributed by atoms with van der Waals surface area (Å²) in [6, 6.07) is 0. The number of fused-ring (bicyclic) bond motifs is 3. The minimum Gasteiger partial charge on any atom is -0.462 e. The molecule has 6 nitrogen and oxygen atoms in total. The maximum atomic E-state index is 11.7. The highest BCUT2D eigenvalue weighted by molar-refractivity contribution is 7.80. The molecule has 4 fully saturated rings. The highest BCUT2D eigenvalue weighted by Crippen LogP contribution is 2.68. The lowest BCUT2D eigenvalue weighted by Gasteiger charge is -2.60. The molecule has 0 spiro atoms. The van der Waals surface area contributed by atoms with E-state index in [0.29, 0.717) is 30.6 Å². The van der Waals surface area contributed by atoms with Gasteiger partial charge in [0.25, 0.3) is 0 Å². The second-order valence-electron chi connectivity index (χ2n) is 9.92. The van der Waals surface area contributed by atoms with Gasteiger partial charge in [0.05, 0.1) is 6.10 Å². The smallest absolute Gasteiger partial charge is 0.397 e. The molecule has 7 heteroatoms. The van der Waals surface area contributed by atoms with Crippen LogP contribution in [-0.4, -0.2) is 31.1 Å². The van der Waals surface area contributed by atoms with Crippen LogP contribution in [0.25, 0.3) is 0 Å². The summed E-state index contributed by atoms with van der Waals surface area (Å²) in [6.45, 7) is 6.85. The highest BCUT2D eigenvalue weighted by atomic mass is 32.3. The maximum Gasteiger partial charge on any atom is 0.397 e. The fourth-order valence-corrected chi connectivity index (χ4v) is 8.28. The van der Waals surface area contributed by atoms with Gasteiger partial charge in [-0.05, 0) is 73.5 Å². The summed E-state index contributed by atoms with van der Waals surface area (Å²) in [4.78, 5) is 11.7. The molecule has 3 aliphatic carbocycles. The van der Waals surface area contributed by atoms with Crippen LogP contribution in [-0.2, 0) is 24.1 Å². The van der Waals surface area contributed by atoms with Crippen molar-refractivity contribution in [2.45, 2.75) is 84.3 Å². The van der Waals surface area contributed by atoms with Crippen LogP contribution in [0.2, 0.25) is 0 Å². The van der Waals surface area contributed by atoms with Crippen molar-refractivity contribution in [3.05, 3.63) is 0 Å². The number of carbonyl (C=O) groups excluding carboxylic acids is 1. The number of hydrogen-bond donors (Lipinski definition) is 1. The summed E-state index contributed by atoms with van der Waals surface area (Å²) >= 11 is 0. The predicted molar refractivity (Wildman–Crippen MR) is 109 cm³/mol. The van der Waals surface area contributed by atoms with Crippen LogP contribution in [0.15, 0.2) is 0 Å². The summed E-state index contributed by atoms with van der Waals surface area (Å²) in [5.41, 5.74) is 0.319. The molecule has 0 aromatic heterocycles. The van der Waals surface area contributed by atoms with Gasteiger partial charge in [0, 0.05) is 12.3 Å². The van der Waals surface area contributed by atoms with Crippen LogP contribution < -0.4 is 0 Å². The molecular formula is C22H34O6S. The first-order valence-corrected chi connectivity index (χ1v) is 12.1. The number of cyclic esters (lactones) is 1. The van der Waals surface area contributed by atoms with Gasteiger partial charge in [0.2, 0.25) is 0 Å². The SMILES string of the molecule is C#C.CC1C(OS(=O)(=O)O)CCC2(C)C1CCC1(C)C(C3CCC(=O)O3)CCC12. The Balaban J connectivity index is 0.00000117. The zero-order valence-corrected chi connectivity index (χ0v) is 18.5. The molecule has 0 aromatic carbocycles. The molecule has 8 unspecified atom stereocenters. The van der Waals surface area contributed by atoms with Gasteiger partial charge in [-0.3, -0.25) is 9.35 Å². The maximum absolute atomic E-state index is 11.7. The number of carbonyl (C=O) groups is 1. The molecular weight excluding hydrogens is 392 g/mol. The average molecular weight is 427 g/mol. The molecule has 1 saturated heterocycles. The lowest BCUT2D eigenvalue weighted by Crippen LogP contribution is -2.55. The van der Waals surface area contributed by atoms with Crippen LogP contribution in [0.3, 0.4) is 0 Å². The molecule has 0 bridgehead atoms. The molecule has 0 amide bonds. The van der Waals surface area contributed by atoms with E-state index in [-0.39, 0.29) is 28.8 Å². The van der Waals surface area contributed by atoms with Gasteiger partial charge in [-0.15, -0.1) is 12.8 Å². The Morgan fingerprint density at radius 2 is 1.66 bits per heavy atom. The van der Waals surface area contributed by atoms with E-state index in [9.17, 15) is 13.2 Å². The van der Waals surface area contributed by atoms with Crippen molar-refractivity contribution in [2.24, 2.45) is 34.5 Å². The Bertz CT molecular complexity index is 761. The summed E-state index contributed by atoms with van der Waals surface area (Å²) in [7, 11) is -4.42. The summed E-state index contributed by atoms with van der Waals surface area (Å²) < 4.78 is 42.3. The third-order valence-corrected chi connectivity index (χ3v) is 9.34. The second kappa shape index (κ2) is 7.86. The van der Waals surface area contributed by atoms with E-state index in [1.165, 1.54) is 0 Å². The van der Waals surface area contributed by atoms with Gasteiger partial charge >= 0.3 is 16.4 Å². The molecule has 0 radical (unpaired) electrons. The van der Waals surface area contributed by atoms with E-state index < -0.39 is 16.5 Å². The fraction of sp³-hybridized carbons (Fsp3) is 0.864. The van der Waals surface area contributed by atoms with Crippen LogP contribution in [0.4, 0.5) is 0 Å². The zero-order valence-electron chi connectivity index (χ0n) is 17.7. The Morgan fingerprint density at radius 1 is 1.03 bits per heavy atom. The molecule has 3 saturated carbocycles. The number of rotatable bonds is 3. The number of esters is 1. The molecule has 1 N–H and O–H groups in total. The van der Waals surface area contributed by atoms with Gasteiger partial charge in [-0.25, -0.2) is 4.18 Å². The fourth-order valence-electron chi connectivity index (χ4n) is 7.69. The summed E-state index contributed by atoms with van der Waals surface area (Å²) in [6.07, 6.45) is 15.0. The molecule has 0 aromatic rings. The van der Waals surface area contributed by atoms with Gasteiger partial charge in [0.15, 0.2) is 0 Å². The molecule has 164 valence electrons. The first-order valence-electron chi connectivity index (χ1n) is 10.7. The normalized spacial score (nSPS) is 46.8. The second-order valence-corrected chi connectivity index (χ2v) is 11.0. The number of ether oxygens (including phenoxy) is 1. The Hall–Kier alpha value is -1.10. The average Bonchev–Trinajstić information content (AvgIpc) is 3.22. The predicted octanol–water partition coefficient (Wildman–Crippen LogP) is 4.01. The lowest BCUT2D eigenvalue weighted by molar-refractivity contribution is -0.152. The first kappa shape index (κ1) is 22.6. The van der Waals surface area contributed by atoms with Crippen LogP contribution in [0.5, 0.6) is 0 Å². The highest BCUT2D eigenvalue weighted by Gasteiger charge is 2.63. The van der Waals surface area contributed by atoms with E-state index >= 15 is 0 Å². The van der Waals surface area contributed by atoms with Crippen LogP contribution in [0.1, 0.15) is 72.1 Å². The molecule has 8 atom stereocenters. The van der Waals surface area contributed by atoms with E-state index in [4.69, 9.17) is 13.5 Å². The molecule has 4 rings (SSSR count). The van der Waals surface area contributed by atoms with Crippen molar-refractivity contribution in [3.8, 4) is 12.8 Å². The largest absolute Gasteiger partial charge is 0.462 e. The van der Waals surface area contributed by atoms with Crippen molar-refractivity contribution in [2.75, 3.05) is 0 Å². The lowest BCUT2D eigenvalue weighted by atomic mass is 9.45. The van der Waals surface area contributed by atoms with Crippen molar-refractivity contribution in [1.82, 2.24) is 0 Å². The van der Waals surface area contributed by atoms with Crippen LogP contribution >= 0.6 is 0 Å². The van der Waals surface area contributed by atoms with E-state index in [1.807, 2.05) is 0 Å². The molecule has 29 heavy (non-hydrogen) atoms. The minimum absolute atomic E-state index is 0.0524. The monoisotopic (exact) mass is 426 g/mol. The van der Waals surface area contributed by atoms with Gasteiger partial charge in [0.1, 0.15) is 6.10 Å². The number of hydrogen-bond acceptors (Lipinski definition) is 5. The van der Waals surface area contributed by atoms with Crippen molar-refractivity contribution < 1.29 is 26.7 Å². The third-order valence-electron chi connectivity index (χ3n) is 8.84. The van der Waals surface area contributed by atoms with Gasteiger partial charge < -0.3 is 4.74 Å². The zero-order chi connectivity index (χ0) is 21.6. The van der Waals surface area contributed by atoms with Crippen molar-refractivity contribution in [1.29, 1.82) is 0 Å². The molecule has 4 aliphatic rings. The van der Waals surface area contributed by atoms with Gasteiger partial charge in [-0.2, -0.15) is 8.42 Å².